The first-order chi connectivity index (χ1) is 15.1. The van der Waals surface area contributed by atoms with Gasteiger partial charge in [-0.15, -0.1) is 16.4 Å². The van der Waals surface area contributed by atoms with Crippen molar-refractivity contribution in [2.75, 3.05) is 13.9 Å². The van der Waals surface area contributed by atoms with Crippen molar-refractivity contribution in [2.45, 2.75) is 6.92 Å². The van der Waals surface area contributed by atoms with Gasteiger partial charge in [0.15, 0.2) is 23.0 Å². The molecule has 31 heavy (non-hydrogen) atoms. The van der Waals surface area contributed by atoms with E-state index in [0.717, 1.165) is 28.0 Å². The van der Waals surface area contributed by atoms with E-state index < -0.39 is 0 Å². The van der Waals surface area contributed by atoms with Gasteiger partial charge in [0.1, 0.15) is 21.7 Å². The van der Waals surface area contributed by atoms with Gasteiger partial charge in [0.05, 0.1) is 18.2 Å². The average molecular weight is 434 g/mol. The summed E-state index contributed by atoms with van der Waals surface area (Å²) in [6.07, 6.45) is 1.58. The molecular weight excluding hydrogens is 420 g/mol. The van der Waals surface area contributed by atoms with Crippen LogP contribution in [0, 0.1) is 6.92 Å². The van der Waals surface area contributed by atoms with Gasteiger partial charge in [0.2, 0.25) is 6.79 Å². The molecule has 1 aliphatic rings. The van der Waals surface area contributed by atoms with E-state index >= 15 is 0 Å². The van der Waals surface area contributed by atoms with Crippen LogP contribution in [0.2, 0.25) is 0 Å². The molecule has 0 amide bonds. The van der Waals surface area contributed by atoms with Crippen LogP contribution in [-0.2, 0) is 4.74 Å². The Balaban J connectivity index is 1.43. The van der Waals surface area contributed by atoms with Gasteiger partial charge in [-0.3, -0.25) is 5.10 Å². The third-order valence-corrected chi connectivity index (χ3v) is 6.31. The number of ether oxygens (including phenoxy) is 3. The van der Waals surface area contributed by atoms with Crippen LogP contribution in [0.15, 0.2) is 30.6 Å². The molecule has 5 heterocycles. The number of fused-ring (bicyclic) bond motifs is 4. The summed E-state index contributed by atoms with van der Waals surface area (Å²) in [6, 6.07) is 7.53. The summed E-state index contributed by atoms with van der Waals surface area (Å²) in [5, 5.41) is 12.7. The van der Waals surface area contributed by atoms with Crippen molar-refractivity contribution < 1.29 is 19.0 Å². The lowest BCUT2D eigenvalue weighted by atomic mass is 10.1. The highest BCUT2D eigenvalue weighted by Crippen LogP contribution is 2.36. The summed E-state index contributed by atoms with van der Waals surface area (Å²) < 4.78 is 17.3. The number of carbonyl (C=O) groups excluding carboxylic acids is 1. The number of hydrogen-bond acceptors (Lipinski definition) is 9. The van der Waals surface area contributed by atoms with Crippen LogP contribution in [0.25, 0.3) is 38.6 Å². The van der Waals surface area contributed by atoms with Crippen molar-refractivity contribution >= 4 is 33.2 Å². The van der Waals surface area contributed by atoms with Crippen molar-refractivity contribution in [3.05, 3.63) is 41.0 Å². The van der Waals surface area contributed by atoms with E-state index in [1.54, 1.807) is 10.8 Å². The Kier molecular flexibility index (Phi) is 3.74. The maximum absolute atomic E-state index is 12.1. The molecule has 1 aromatic carbocycles. The minimum atomic E-state index is -0.389. The van der Waals surface area contributed by atoms with Crippen molar-refractivity contribution in [2.24, 2.45) is 0 Å². The Morgan fingerprint density at radius 1 is 1.26 bits per heavy atom. The molecule has 0 aliphatic carbocycles. The van der Waals surface area contributed by atoms with Crippen molar-refractivity contribution in [3.8, 4) is 34.3 Å². The molecule has 1 N–H and O–H groups in total. The number of nitrogens with one attached hydrogen (secondary N) is 1. The Hall–Kier alpha value is -3.99. The Morgan fingerprint density at radius 3 is 3.00 bits per heavy atom. The lowest BCUT2D eigenvalue weighted by Gasteiger charge is -1.98. The van der Waals surface area contributed by atoms with Gasteiger partial charge in [-0.2, -0.15) is 5.10 Å². The first-order valence-electron chi connectivity index (χ1n) is 9.31. The third kappa shape index (κ3) is 2.66. The number of thiophene rings is 1. The fourth-order valence-electron chi connectivity index (χ4n) is 3.58. The van der Waals surface area contributed by atoms with Gasteiger partial charge in [-0.25, -0.2) is 19.3 Å². The molecular formula is C20H14N6O4S. The van der Waals surface area contributed by atoms with Crippen molar-refractivity contribution in [1.82, 2.24) is 29.8 Å². The highest BCUT2D eigenvalue weighted by Gasteiger charge is 2.21. The SMILES string of the molecule is COC(=O)c1sc2ncn3nc(-c4cc(-c5ccc6c(c5)OCO6)n[nH]4)nc3c2c1C. The first-order valence-corrected chi connectivity index (χ1v) is 10.1. The molecule has 154 valence electrons. The molecule has 0 saturated heterocycles. The van der Waals surface area contributed by atoms with E-state index in [1.807, 2.05) is 31.2 Å². The molecule has 0 fully saturated rings. The Labute approximate surface area is 178 Å². The number of nitrogens with zero attached hydrogens (tertiary/aromatic N) is 5. The molecule has 0 radical (unpaired) electrons. The minimum Gasteiger partial charge on any atom is -0.465 e. The molecule has 0 saturated carbocycles. The minimum absolute atomic E-state index is 0.220. The Bertz CT molecular complexity index is 1500. The zero-order valence-corrected chi connectivity index (χ0v) is 17.2. The molecule has 5 aromatic rings. The van der Waals surface area contributed by atoms with Crippen LogP contribution in [-0.4, -0.2) is 49.7 Å². The zero-order valence-electron chi connectivity index (χ0n) is 16.4. The summed E-state index contributed by atoms with van der Waals surface area (Å²) in [4.78, 5) is 22.4. The van der Waals surface area contributed by atoms with Crippen LogP contribution in [0.3, 0.4) is 0 Å². The molecule has 11 heteroatoms. The molecule has 0 unspecified atom stereocenters. The number of rotatable bonds is 3. The Morgan fingerprint density at radius 2 is 2.13 bits per heavy atom. The second-order valence-corrected chi connectivity index (χ2v) is 7.91. The second kappa shape index (κ2) is 6.51. The largest absolute Gasteiger partial charge is 0.465 e. The molecule has 1 aliphatic heterocycles. The molecule has 6 rings (SSSR count). The van der Waals surface area contributed by atoms with E-state index in [0.29, 0.717) is 32.6 Å². The number of methoxy groups -OCH3 is 1. The first kappa shape index (κ1) is 17.8. The highest BCUT2D eigenvalue weighted by atomic mass is 32.1. The third-order valence-electron chi connectivity index (χ3n) is 5.13. The van der Waals surface area contributed by atoms with Crippen LogP contribution in [0.4, 0.5) is 0 Å². The van der Waals surface area contributed by atoms with Gasteiger partial charge in [-0.1, -0.05) is 0 Å². The number of carbonyl (C=O) groups is 1. The smallest absolute Gasteiger partial charge is 0.348 e. The zero-order chi connectivity index (χ0) is 21.1. The van der Waals surface area contributed by atoms with Gasteiger partial charge in [0.25, 0.3) is 0 Å². The summed E-state index contributed by atoms with van der Waals surface area (Å²) in [5.41, 5.74) is 3.66. The van der Waals surface area contributed by atoms with E-state index in [1.165, 1.54) is 18.4 Å². The predicted octanol–water partition coefficient (Wildman–Crippen LogP) is 3.22. The van der Waals surface area contributed by atoms with E-state index in [-0.39, 0.29) is 12.8 Å². The molecule has 0 atom stereocenters. The number of aromatic nitrogens is 6. The molecule has 10 nitrogen and oxygen atoms in total. The lowest BCUT2D eigenvalue weighted by Crippen LogP contribution is -1.99. The number of aryl methyl sites for hydroxylation is 1. The van der Waals surface area contributed by atoms with Crippen LogP contribution in [0.1, 0.15) is 15.2 Å². The fraction of sp³-hybridized carbons (Fsp3) is 0.150. The van der Waals surface area contributed by atoms with Crippen molar-refractivity contribution in [1.29, 1.82) is 0 Å². The van der Waals surface area contributed by atoms with E-state index in [4.69, 9.17) is 14.2 Å². The molecule has 4 aromatic heterocycles. The normalized spacial score (nSPS) is 12.7. The topological polar surface area (TPSA) is 117 Å². The maximum Gasteiger partial charge on any atom is 0.348 e. The number of benzene rings is 1. The summed E-state index contributed by atoms with van der Waals surface area (Å²) in [7, 11) is 1.36. The standard InChI is InChI=1S/C20H14N6O4S/c1-9-15-18-22-17(25-26(18)7-21-19(15)31-16(9)20(27)28-2)12-6-11(23-24-12)10-3-4-13-14(5-10)30-8-29-13/h3-7H,8H2,1-2H3,(H,23,24). The lowest BCUT2D eigenvalue weighted by molar-refractivity contribution is 0.0605. The molecule has 0 bridgehead atoms. The summed E-state index contributed by atoms with van der Waals surface area (Å²) in [6.45, 7) is 2.08. The van der Waals surface area contributed by atoms with Gasteiger partial charge < -0.3 is 14.2 Å². The van der Waals surface area contributed by atoms with Crippen LogP contribution in [0.5, 0.6) is 11.5 Å². The predicted molar refractivity (Wildman–Crippen MR) is 111 cm³/mol. The summed E-state index contributed by atoms with van der Waals surface area (Å²) >= 11 is 1.28. The average Bonchev–Trinajstić information content (AvgIpc) is 3.56. The number of esters is 1. The van der Waals surface area contributed by atoms with E-state index in [9.17, 15) is 4.79 Å². The number of H-pyrrole nitrogens is 1. The summed E-state index contributed by atoms with van der Waals surface area (Å²) in [5.74, 6) is 1.49. The monoisotopic (exact) mass is 434 g/mol. The number of hydrogen-bond donors (Lipinski definition) is 1. The van der Waals surface area contributed by atoms with Crippen LogP contribution >= 0.6 is 11.3 Å². The van der Waals surface area contributed by atoms with Gasteiger partial charge >= 0.3 is 5.97 Å². The van der Waals surface area contributed by atoms with Gasteiger partial charge in [0, 0.05) is 5.56 Å². The van der Waals surface area contributed by atoms with E-state index in [2.05, 4.69) is 25.3 Å². The van der Waals surface area contributed by atoms with Crippen LogP contribution < -0.4 is 9.47 Å². The second-order valence-electron chi connectivity index (χ2n) is 6.91. The fourth-order valence-corrected chi connectivity index (χ4v) is 4.64. The van der Waals surface area contributed by atoms with Gasteiger partial charge in [-0.05, 0) is 36.8 Å². The maximum atomic E-state index is 12.1. The quantitative estimate of drug-likeness (QED) is 0.430. The highest BCUT2D eigenvalue weighted by molar-refractivity contribution is 7.20. The number of aromatic amines is 1. The molecule has 0 spiro atoms. The van der Waals surface area contributed by atoms with Crippen molar-refractivity contribution in [3.63, 3.8) is 0 Å².